The van der Waals surface area contributed by atoms with E-state index in [0.717, 1.165) is 36.6 Å². The predicted octanol–water partition coefficient (Wildman–Crippen LogP) is 2.92. The second-order valence-electron chi connectivity index (χ2n) is 6.78. The van der Waals surface area contributed by atoms with Gasteiger partial charge in [0.2, 0.25) is 0 Å². The van der Waals surface area contributed by atoms with Crippen molar-refractivity contribution in [3.63, 3.8) is 0 Å². The fourth-order valence-electron chi connectivity index (χ4n) is 4.38. The lowest BCUT2D eigenvalue weighted by atomic mass is 9.64. The molecule has 4 atom stereocenters. The summed E-state index contributed by atoms with van der Waals surface area (Å²) < 4.78 is 0. The number of aliphatic hydroxyl groups is 2. The largest absolute Gasteiger partial charge is 0.396 e. The maximum atomic E-state index is 10.00. The molecule has 1 fully saturated rings. The molecule has 0 aromatic heterocycles. The molecule has 23 heavy (non-hydrogen) atoms. The highest BCUT2D eigenvalue weighted by Gasteiger charge is 2.41. The summed E-state index contributed by atoms with van der Waals surface area (Å²) in [6.07, 6.45) is 3.41. The molecule has 0 amide bonds. The van der Waals surface area contributed by atoms with Crippen LogP contribution in [0.1, 0.15) is 24.8 Å². The maximum absolute atomic E-state index is 10.00. The third-order valence-electron chi connectivity index (χ3n) is 5.66. The van der Waals surface area contributed by atoms with Gasteiger partial charge in [-0.05, 0) is 55.0 Å². The number of benzene rings is 1. The lowest BCUT2D eigenvalue weighted by Gasteiger charge is -2.46. The minimum absolute atomic E-state index is 0.0559. The molecule has 3 rings (SSSR count). The molecule has 0 bridgehead atoms. The standard InChI is InChI=1S/C19H26ClNO2/c1-2-21-7-6-16-14(10-21)9-17(19(12-23)18(16)11-22)13-4-3-5-15(20)8-13/h3-5,8-9,16-19,22-23H,2,6-7,10-12H2,1H3. The molecule has 0 saturated carbocycles. The van der Waals surface area contributed by atoms with Crippen molar-refractivity contribution in [1.82, 2.24) is 4.90 Å². The first kappa shape index (κ1) is 17.0. The summed E-state index contributed by atoms with van der Waals surface area (Å²) in [7, 11) is 0. The van der Waals surface area contributed by atoms with E-state index in [9.17, 15) is 10.2 Å². The molecular weight excluding hydrogens is 310 g/mol. The second kappa shape index (κ2) is 7.35. The summed E-state index contributed by atoms with van der Waals surface area (Å²) in [6.45, 7) is 5.54. The van der Waals surface area contributed by atoms with Crippen molar-refractivity contribution in [3.05, 3.63) is 46.5 Å². The first-order chi connectivity index (χ1) is 11.2. The van der Waals surface area contributed by atoms with Crippen molar-refractivity contribution >= 4 is 11.6 Å². The Morgan fingerprint density at radius 3 is 2.65 bits per heavy atom. The Labute approximate surface area is 143 Å². The molecular formula is C19H26ClNO2. The van der Waals surface area contributed by atoms with Crippen LogP contribution in [-0.2, 0) is 0 Å². The molecule has 4 unspecified atom stereocenters. The summed E-state index contributed by atoms with van der Waals surface area (Å²) in [5.74, 6) is 0.706. The highest BCUT2D eigenvalue weighted by Crippen LogP contribution is 2.46. The molecule has 126 valence electrons. The fourth-order valence-corrected chi connectivity index (χ4v) is 4.58. The van der Waals surface area contributed by atoms with Crippen LogP contribution in [0.5, 0.6) is 0 Å². The number of rotatable bonds is 4. The van der Waals surface area contributed by atoms with E-state index in [-0.39, 0.29) is 31.0 Å². The van der Waals surface area contributed by atoms with Crippen LogP contribution >= 0.6 is 11.6 Å². The van der Waals surface area contributed by atoms with Gasteiger partial charge in [-0.1, -0.05) is 42.3 Å². The van der Waals surface area contributed by atoms with E-state index in [1.807, 2.05) is 18.2 Å². The molecule has 1 saturated heterocycles. The smallest absolute Gasteiger partial charge is 0.0471 e. The monoisotopic (exact) mass is 335 g/mol. The van der Waals surface area contributed by atoms with E-state index >= 15 is 0 Å². The third-order valence-corrected chi connectivity index (χ3v) is 5.90. The Balaban J connectivity index is 1.99. The van der Waals surface area contributed by atoms with E-state index in [4.69, 9.17) is 11.6 Å². The SMILES string of the molecule is CCN1CCC2C(=CC(c3cccc(Cl)c3)C(CO)C2CO)C1. The molecule has 4 heteroatoms. The molecule has 1 heterocycles. The van der Waals surface area contributed by atoms with Gasteiger partial charge in [-0.2, -0.15) is 0 Å². The number of allylic oxidation sites excluding steroid dienone is 1. The Hall–Kier alpha value is -0.870. The number of likely N-dealkylation sites (tertiary alicyclic amines) is 1. The molecule has 1 aromatic rings. The minimum Gasteiger partial charge on any atom is -0.396 e. The molecule has 0 radical (unpaired) electrons. The number of nitrogens with zero attached hydrogens (tertiary/aromatic N) is 1. The zero-order valence-electron chi connectivity index (χ0n) is 13.7. The topological polar surface area (TPSA) is 43.7 Å². The van der Waals surface area contributed by atoms with Crippen LogP contribution in [-0.4, -0.2) is 48.0 Å². The van der Waals surface area contributed by atoms with Crippen molar-refractivity contribution in [1.29, 1.82) is 0 Å². The molecule has 1 aliphatic carbocycles. The van der Waals surface area contributed by atoms with Gasteiger partial charge in [0.25, 0.3) is 0 Å². The van der Waals surface area contributed by atoms with Gasteiger partial charge in [0.05, 0.1) is 0 Å². The van der Waals surface area contributed by atoms with E-state index in [1.165, 1.54) is 5.57 Å². The second-order valence-corrected chi connectivity index (χ2v) is 7.22. The number of hydrogen-bond donors (Lipinski definition) is 2. The van der Waals surface area contributed by atoms with Crippen LogP contribution in [0.15, 0.2) is 35.9 Å². The Morgan fingerprint density at radius 2 is 2.00 bits per heavy atom. The third kappa shape index (κ3) is 3.34. The van der Waals surface area contributed by atoms with E-state index in [2.05, 4.69) is 24.0 Å². The zero-order chi connectivity index (χ0) is 16.4. The van der Waals surface area contributed by atoms with Crippen LogP contribution in [0.4, 0.5) is 0 Å². The Kier molecular flexibility index (Phi) is 5.42. The van der Waals surface area contributed by atoms with E-state index in [0.29, 0.717) is 5.92 Å². The molecule has 1 aliphatic heterocycles. The first-order valence-corrected chi connectivity index (χ1v) is 8.95. The normalized spacial score (nSPS) is 31.6. The highest BCUT2D eigenvalue weighted by molar-refractivity contribution is 6.30. The van der Waals surface area contributed by atoms with Gasteiger partial charge in [-0.3, -0.25) is 4.90 Å². The average molecular weight is 336 g/mol. The highest BCUT2D eigenvalue weighted by atomic mass is 35.5. The van der Waals surface area contributed by atoms with Crippen LogP contribution in [0.3, 0.4) is 0 Å². The van der Waals surface area contributed by atoms with Gasteiger partial charge in [0.1, 0.15) is 0 Å². The molecule has 2 N–H and O–H groups in total. The van der Waals surface area contributed by atoms with Crippen LogP contribution in [0, 0.1) is 17.8 Å². The first-order valence-electron chi connectivity index (χ1n) is 8.58. The summed E-state index contributed by atoms with van der Waals surface area (Å²) >= 11 is 6.17. The predicted molar refractivity (Wildman–Crippen MR) is 93.6 cm³/mol. The quantitative estimate of drug-likeness (QED) is 0.831. The van der Waals surface area contributed by atoms with Crippen molar-refractivity contribution in [2.45, 2.75) is 19.3 Å². The Morgan fingerprint density at radius 1 is 1.22 bits per heavy atom. The minimum atomic E-state index is 0.0559. The Bertz CT molecular complexity index is 574. The lowest BCUT2D eigenvalue weighted by Crippen LogP contribution is -2.45. The molecule has 3 nitrogen and oxygen atoms in total. The summed E-state index contributed by atoms with van der Waals surface area (Å²) in [5, 5.41) is 20.7. The lowest BCUT2D eigenvalue weighted by molar-refractivity contribution is 0.0539. The van der Waals surface area contributed by atoms with E-state index < -0.39 is 0 Å². The van der Waals surface area contributed by atoms with Crippen LogP contribution in [0.2, 0.25) is 5.02 Å². The summed E-state index contributed by atoms with van der Waals surface area (Å²) in [6, 6.07) is 7.90. The van der Waals surface area contributed by atoms with Crippen molar-refractivity contribution in [2.75, 3.05) is 32.8 Å². The van der Waals surface area contributed by atoms with Gasteiger partial charge in [0, 0.05) is 30.7 Å². The number of fused-ring (bicyclic) bond motifs is 1. The van der Waals surface area contributed by atoms with Gasteiger partial charge >= 0.3 is 0 Å². The van der Waals surface area contributed by atoms with Gasteiger partial charge in [0.15, 0.2) is 0 Å². The average Bonchev–Trinajstić information content (AvgIpc) is 2.59. The van der Waals surface area contributed by atoms with Gasteiger partial charge in [-0.25, -0.2) is 0 Å². The van der Waals surface area contributed by atoms with E-state index in [1.54, 1.807) is 0 Å². The van der Waals surface area contributed by atoms with Crippen LogP contribution in [0.25, 0.3) is 0 Å². The van der Waals surface area contributed by atoms with Crippen LogP contribution < -0.4 is 0 Å². The number of halogens is 1. The van der Waals surface area contributed by atoms with Crippen molar-refractivity contribution in [3.8, 4) is 0 Å². The maximum Gasteiger partial charge on any atom is 0.0471 e. The van der Waals surface area contributed by atoms with Gasteiger partial charge < -0.3 is 10.2 Å². The van der Waals surface area contributed by atoms with Crippen molar-refractivity contribution < 1.29 is 10.2 Å². The number of hydrogen-bond acceptors (Lipinski definition) is 3. The number of likely N-dealkylation sites (N-methyl/N-ethyl adjacent to an activating group) is 1. The molecule has 0 spiro atoms. The van der Waals surface area contributed by atoms with Gasteiger partial charge in [-0.15, -0.1) is 0 Å². The zero-order valence-corrected chi connectivity index (χ0v) is 14.4. The summed E-state index contributed by atoms with van der Waals surface area (Å²) in [4.78, 5) is 2.45. The number of aliphatic hydroxyl groups excluding tert-OH is 2. The summed E-state index contributed by atoms with van der Waals surface area (Å²) in [5.41, 5.74) is 2.56. The number of piperidine rings is 1. The van der Waals surface area contributed by atoms with Crippen molar-refractivity contribution in [2.24, 2.45) is 17.8 Å². The molecule has 2 aliphatic rings. The molecule has 1 aromatic carbocycles. The fraction of sp³-hybridized carbons (Fsp3) is 0.579.